The summed E-state index contributed by atoms with van der Waals surface area (Å²) in [5.41, 5.74) is 0.421. The lowest BCUT2D eigenvalue weighted by atomic mass is 9.93. The minimum absolute atomic E-state index is 0.0394. The Hall–Kier alpha value is -1.51. The molecule has 3 nitrogen and oxygen atoms in total. The molecule has 0 atom stereocenters. The van der Waals surface area contributed by atoms with Gasteiger partial charge in [-0.15, -0.1) is 0 Å². The van der Waals surface area contributed by atoms with Crippen molar-refractivity contribution in [1.82, 2.24) is 4.90 Å². The van der Waals surface area contributed by atoms with Gasteiger partial charge in [-0.1, -0.05) is 31.4 Å². The van der Waals surface area contributed by atoms with Crippen molar-refractivity contribution in [3.05, 3.63) is 29.8 Å². The number of phenolic OH excluding ortho intramolecular Hbond substituents is 1. The van der Waals surface area contributed by atoms with E-state index in [1.165, 1.54) is 19.3 Å². The second-order valence-corrected chi connectivity index (χ2v) is 4.90. The third-order valence-corrected chi connectivity index (χ3v) is 3.75. The van der Waals surface area contributed by atoms with Crippen LogP contribution in [0.25, 0.3) is 0 Å². The molecule has 0 saturated heterocycles. The molecule has 0 radical (unpaired) electrons. The van der Waals surface area contributed by atoms with Crippen molar-refractivity contribution in [2.75, 3.05) is 6.54 Å². The Morgan fingerprint density at radius 1 is 1.28 bits per heavy atom. The summed E-state index contributed by atoms with van der Waals surface area (Å²) >= 11 is 0. The Morgan fingerprint density at radius 3 is 2.56 bits per heavy atom. The summed E-state index contributed by atoms with van der Waals surface area (Å²) < 4.78 is 0. The van der Waals surface area contributed by atoms with Crippen LogP contribution in [-0.2, 0) is 0 Å². The Balaban J connectivity index is 2.17. The molecule has 0 bridgehead atoms. The second-order valence-electron chi connectivity index (χ2n) is 4.90. The maximum Gasteiger partial charge on any atom is 0.257 e. The number of carbonyl (C=O) groups is 1. The number of aromatic hydroxyl groups is 1. The molecule has 1 aliphatic carbocycles. The van der Waals surface area contributed by atoms with Crippen LogP contribution in [0.1, 0.15) is 49.4 Å². The monoisotopic (exact) mass is 247 g/mol. The van der Waals surface area contributed by atoms with Gasteiger partial charge in [-0.25, -0.2) is 0 Å². The second kappa shape index (κ2) is 5.89. The van der Waals surface area contributed by atoms with Gasteiger partial charge >= 0.3 is 0 Å². The van der Waals surface area contributed by atoms with Crippen LogP contribution in [0.4, 0.5) is 0 Å². The van der Waals surface area contributed by atoms with Crippen molar-refractivity contribution in [2.45, 2.75) is 45.1 Å². The van der Waals surface area contributed by atoms with Crippen molar-refractivity contribution in [2.24, 2.45) is 0 Å². The fraction of sp³-hybridized carbons (Fsp3) is 0.533. The van der Waals surface area contributed by atoms with Crippen LogP contribution >= 0.6 is 0 Å². The van der Waals surface area contributed by atoms with E-state index in [0.717, 1.165) is 12.8 Å². The summed E-state index contributed by atoms with van der Waals surface area (Å²) in [6, 6.07) is 7.14. The molecule has 1 N–H and O–H groups in total. The van der Waals surface area contributed by atoms with E-state index in [1.807, 2.05) is 11.8 Å². The largest absolute Gasteiger partial charge is 0.507 e. The van der Waals surface area contributed by atoms with Gasteiger partial charge in [0.15, 0.2) is 0 Å². The smallest absolute Gasteiger partial charge is 0.257 e. The molecule has 0 aliphatic heterocycles. The standard InChI is InChI=1S/C15H21NO2/c1-2-16(12-8-4-3-5-9-12)15(18)13-10-6-7-11-14(13)17/h6-7,10-12,17H,2-5,8-9H2,1H3. The van der Waals surface area contributed by atoms with Gasteiger partial charge in [-0.05, 0) is 31.9 Å². The van der Waals surface area contributed by atoms with Gasteiger partial charge in [0, 0.05) is 12.6 Å². The third kappa shape index (κ3) is 2.66. The van der Waals surface area contributed by atoms with Gasteiger partial charge < -0.3 is 10.0 Å². The first-order valence-electron chi connectivity index (χ1n) is 6.83. The number of rotatable bonds is 3. The highest BCUT2D eigenvalue weighted by Crippen LogP contribution is 2.26. The number of hydrogen-bond donors (Lipinski definition) is 1. The van der Waals surface area contributed by atoms with Gasteiger partial charge in [-0.3, -0.25) is 4.79 Å². The lowest BCUT2D eigenvalue weighted by Gasteiger charge is -2.33. The van der Waals surface area contributed by atoms with E-state index >= 15 is 0 Å². The molecule has 2 rings (SSSR count). The average molecular weight is 247 g/mol. The van der Waals surface area contributed by atoms with Gasteiger partial charge in [-0.2, -0.15) is 0 Å². The normalized spacial score (nSPS) is 16.5. The molecule has 3 heteroatoms. The van der Waals surface area contributed by atoms with Crippen molar-refractivity contribution in [1.29, 1.82) is 0 Å². The van der Waals surface area contributed by atoms with E-state index < -0.39 is 0 Å². The molecule has 1 aromatic rings. The minimum atomic E-state index is -0.0394. The molecule has 0 unspecified atom stereocenters. The molecule has 0 heterocycles. The molecule has 0 aromatic heterocycles. The maximum atomic E-state index is 12.5. The van der Waals surface area contributed by atoms with Gasteiger partial charge in [0.1, 0.15) is 5.75 Å². The topological polar surface area (TPSA) is 40.5 Å². The number of amides is 1. The molecular weight excluding hydrogens is 226 g/mol. The summed E-state index contributed by atoms with van der Waals surface area (Å²) in [7, 11) is 0. The van der Waals surface area contributed by atoms with Crippen LogP contribution in [-0.4, -0.2) is 28.5 Å². The first kappa shape index (κ1) is 12.9. The van der Waals surface area contributed by atoms with E-state index in [4.69, 9.17) is 0 Å². The highest BCUT2D eigenvalue weighted by molar-refractivity contribution is 5.97. The van der Waals surface area contributed by atoms with Crippen LogP contribution < -0.4 is 0 Å². The van der Waals surface area contributed by atoms with E-state index in [2.05, 4.69) is 0 Å². The Morgan fingerprint density at radius 2 is 1.94 bits per heavy atom. The molecular formula is C15H21NO2. The summed E-state index contributed by atoms with van der Waals surface area (Å²) in [6.07, 6.45) is 5.86. The summed E-state index contributed by atoms with van der Waals surface area (Å²) in [4.78, 5) is 14.4. The Labute approximate surface area is 108 Å². The van der Waals surface area contributed by atoms with Gasteiger partial charge in [0.05, 0.1) is 5.56 Å². The molecule has 0 spiro atoms. The van der Waals surface area contributed by atoms with E-state index in [1.54, 1.807) is 24.3 Å². The SMILES string of the molecule is CCN(C(=O)c1ccccc1O)C1CCCCC1. The predicted octanol–water partition coefficient (Wildman–Crippen LogP) is 3.19. The number of nitrogens with zero attached hydrogens (tertiary/aromatic N) is 1. The predicted molar refractivity (Wildman–Crippen MR) is 71.7 cm³/mol. The number of carbonyl (C=O) groups excluding carboxylic acids is 1. The first-order chi connectivity index (χ1) is 8.74. The lowest BCUT2D eigenvalue weighted by molar-refractivity contribution is 0.0645. The van der Waals surface area contributed by atoms with E-state index in [-0.39, 0.29) is 11.7 Å². The fourth-order valence-electron chi connectivity index (χ4n) is 2.77. The zero-order chi connectivity index (χ0) is 13.0. The van der Waals surface area contributed by atoms with E-state index in [9.17, 15) is 9.90 Å². The van der Waals surface area contributed by atoms with E-state index in [0.29, 0.717) is 18.2 Å². The summed E-state index contributed by atoms with van der Waals surface area (Å²) in [6.45, 7) is 2.71. The molecule has 1 aromatic carbocycles. The molecule has 1 aliphatic rings. The highest BCUT2D eigenvalue weighted by atomic mass is 16.3. The van der Waals surface area contributed by atoms with Crippen LogP contribution in [0.3, 0.4) is 0 Å². The number of phenols is 1. The molecule has 18 heavy (non-hydrogen) atoms. The molecule has 1 amide bonds. The zero-order valence-corrected chi connectivity index (χ0v) is 10.9. The lowest BCUT2D eigenvalue weighted by Crippen LogP contribution is -2.41. The van der Waals surface area contributed by atoms with Crippen molar-refractivity contribution in [3.63, 3.8) is 0 Å². The van der Waals surface area contributed by atoms with Crippen LogP contribution in [0.5, 0.6) is 5.75 Å². The Bertz CT molecular complexity index is 411. The van der Waals surface area contributed by atoms with Crippen LogP contribution in [0, 0.1) is 0 Å². The molecule has 1 fully saturated rings. The number of para-hydroxylation sites is 1. The average Bonchev–Trinajstić information content (AvgIpc) is 2.41. The zero-order valence-electron chi connectivity index (χ0n) is 10.9. The summed E-state index contributed by atoms with van der Waals surface area (Å²) in [5.74, 6) is 0.0410. The van der Waals surface area contributed by atoms with Gasteiger partial charge in [0.25, 0.3) is 5.91 Å². The van der Waals surface area contributed by atoms with Crippen LogP contribution in [0.15, 0.2) is 24.3 Å². The molecule has 1 saturated carbocycles. The summed E-state index contributed by atoms with van der Waals surface area (Å²) in [5, 5.41) is 9.78. The third-order valence-electron chi connectivity index (χ3n) is 3.75. The fourth-order valence-corrected chi connectivity index (χ4v) is 2.77. The number of benzene rings is 1. The maximum absolute atomic E-state index is 12.5. The highest BCUT2D eigenvalue weighted by Gasteiger charge is 2.26. The quantitative estimate of drug-likeness (QED) is 0.891. The Kier molecular flexibility index (Phi) is 4.24. The van der Waals surface area contributed by atoms with Crippen molar-refractivity contribution >= 4 is 5.91 Å². The van der Waals surface area contributed by atoms with Gasteiger partial charge in [0.2, 0.25) is 0 Å². The first-order valence-corrected chi connectivity index (χ1v) is 6.83. The number of hydrogen-bond acceptors (Lipinski definition) is 2. The van der Waals surface area contributed by atoms with Crippen molar-refractivity contribution < 1.29 is 9.90 Å². The minimum Gasteiger partial charge on any atom is -0.507 e. The van der Waals surface area contributed by atoms with Crippen LogP contribution in [0.2, 0.25) is 0 Å². The van der Waals surface area contributed by atoms with Crippen molar-refractivity contribution in [3.8, 4) is 5.75 Å². The molecule has 98 valence electrons.